The van der Waals surface area contributed by atoms with Gasteiger partial charge in [0.25, 0.3) is 5.91 Å². The second-order valence-corrected chi connectivity index (χ2v) is 8.58. The summed E-state index contributed by atoms with van der Waals surface area (Å²) in [6, 6.07) is 6.48. The minimum Gasteiger partial charge on any atom is -0.493 e. The number of hydrogen-bond acceptors (Lipinski definition) is 2. The molecule has 0 bridgehead atoms. The monoisotopic (exact) mass is 377 g/mol. The second-order valence-electron chi connectivity index (χ2n) is 8.58. The van der Waals surface area contributed by atoms with E-state index in [2.05, 4.69) is 66.9 Å². The van der Waals surface area contributed by atoms with Gasteiger partial charge in [-0.1, -0.05) is 39.8 Å². The lowest BCUT2D eigenvalue weighted by atomic mass is 10.0. The zero-order chi connectivity index (χ0) is 20.4. The largest absolute Gasteiger partial charge is 0.493 e. The van der Waals surface area contributed by atoms with Crippen LogP contribution in [0.15, 0.2) is 18.2 Å². The smallest absolute Gasteiger partial charge is 0.277 e. The van der Waals surface area contributed by atoms with Gasteiger partial charge in [0.15, 0.2) is 6.54 Å². The van der Waals surface area contributed by atoms with Crippen molar-refractivity contribution >= 4 is 5.91 Å². The van der Waals surface area contributed by atoms with Crippen LogP contribution in [0.5, 0.6) is 5.75 Å². The average molecular weight is 378 g/mol. The normalized spacial score (nSPS) is 11.7. The first-order chi connectivity index (χ1) is 12.7. The SMILES string of the molecule is CCCN(CCC)C(=O)C[N+](C)(C)CCCOc1cc(C(C)C)ccc1C. The topological polar surface area (TPSA) is 29.5 Å². The van der Waals surface area contributed by atoms with E-state index in [0.29, 0.717) is 23.6 Å². The van der Waals surface area contributed by atoms with E-state index in [9.17, 15) is 4.79 Å². The quantitative estimate of drug-likeness (QED) is 0.393. The van der Waals surface area contributed by atoms with Crippen LogP contribution in [-0.2, 0) is 4.79 Å². The van der Waals surface area contributed by atoms with Crippen LogP contribution in [0.4, 0.5) is 0 Å². The number of rotatable bonds is 12. The van der Waals surface area contributed by atoms with Crippen LogP contribution in [0.3, 0.4) is 0 Å². The van der Waals surface area contributed by atoms with E-state index < -0.39 is 0 Å². The van der Waals surface area contributed by atoms with E-state index in [4.69, 9.17) is 4.74 Å². The number of hydrogen-bond donors (Lipinski definition) is 0. The first-order valence-electron chi connectivity index (χ1n) is 10.5. The summed E-state index contributed by atoms with van der Waals surface area (Å²) in [5.41, 5.74) is 2.49. The Bertz CT molecular complexity index is 576. The molecule has 0 aromatic heterocycles. The highest BCUT2D eigenvalue weighted by Gasteiger charge is 2.23. The lowest BCUT2D eigenvalue weighted by molar-refractivity contribution is -0.882. The van der Waals surface area contributed by atoms with Gasteiger partial charge < -0.3 is 14.1 Å². The third kappa shape index (κ3) is 8.34. The average Bonchev–Trinajstić information content (AvgIpc) is 2.59. The molecular formula is C23H41N2O2+. The van der Waals surface area contributed by atoms with Crippen molar-refractivity contribution in [1.82, 2.24) is 4.90 Å². The van der Waals surface area contributed by atoms with E-state index in [0.717, 1.165) is 44.6 Å². The Hall–Kier alpha value is -1.55. The molecule has 0 unspecified atom stereocenters. The maximum absolute atomic E-state index is 12.6. The molecule has 0 heterocycles. The first kappa shape index (κ1) is 23.5. The standard InChI is InChI=1S/C23H41N2O2/c1-8-13-24(14-9-2)23(26)18-25(6,7)15-10-16-27-22-17-21(19(3)4)12-11-20(22)5/h11-12,17,19H,8-10,13-16,18H2,1-7H3/q+1. The maximum Gasteiger partial charge on any atom is 0.277 e. The number of amides is 1. The molecule has 0 radical (unpaired) electrons. The zero-order valence-corrected chi connectivity index (χ0v) is 18.7. The lowest BCUT2D eigenvalue weighted by Gasteiger charge is -2.32. The third-order valence-electron chi connectivity index (χ3n) is 4.95. The summed E-state index contributed by atoms with van der Waals surface area (Å²) in [4.78, 5) is 14.6. The highest BCUT2D eigenvalue weighted by atomic mass is 16.5. The van der Waals surface area contributed by atoms with E-state index in [1.54, 1.807) is 0 Å². The molecule has 4 heteroatoms. The van der Waals surface area contributed by atoms with Gasteiger partial charge in [-0.05, 0) is 42.9 Å². The molecule has 0 atom stereocenters. The number of carbonyl (C=O) groups excluding carboxylic acids is 1. The van der Waals surface area contributed by atoms with Gasteiger partial charge in [-0.3, -0.25) is 4.79 Å². The van der Waals surface area contributed by atoms with E-state index in [1.807, 2.05) is 4.90 Å². The van der Waals surface area contributed by atoms with Crippen LogP contribution in [0.1, 0.15) is 64.0 Å². The van der Waals surface area contributed by atoms with Crippen molar-refractivity contribution in [1.29, 1.82) is 0 Å². The molecule has 1 aromatic carbocycles. The summed E-state index contributed by atoms with van der Waals surface area (Å²) < 4.78 is 6.75. The predicted octanol–water partition coefficient (Wildman–Crippen LogP) is 4.61. The number of nitrogens with zero attached hydrogens (tertiary/aromatic N) is 2. The van der Waals surface area contributed by atoms with Gasteiger partial charge >= 0.3 is 0 Å². The molecule has 0 fully saturated rings. The molecule has 0 aliphatic heterocycles. The summed E-state index contributed by atoms with van der Waals surface area (Å²) in [7, 11) is 4.28. The summed E-state index contributed by atoms with van der Waals surface area (Å²) in [5.74, 6) is 1.76. The summed E-state index contributed by atoms with van der Waals surface area (Å²) in [5, 5.41) is 0. The molecule has 0 aliphatic carbocycles. The molecule has 0 saturated carbocycles. The molecule has 1 rings (SSSR count). The fourth-order valence-corrected chi connectivity index (χ4v) is 3.25. The van der Waals surface area contributed by atoms with Crippen molar-refractivity contribution in [3.63, 3.8) is 0 Å². The van der Waals surface area contributed by atoms with Crippen LogP contribution >= 0.6 is 0 Å². The minimum atomic E-state index is 0.269. The Labute approximate surface area is 167 Å². The van der Waals surface area contributed by atoms with Crippen molar-refractivity contribution in [3.05, 3.63) is 29.3 Å². The van der Waals surface area contributed by atoms with E-state index in [1.165, 1.54) is 11.1 Å². The van der Waals surface area contributed by atoms with Gasteiger partial charge in [-0.2, -0.15) is 0 Å². The van der Waals surface area contributed by atoms with Crippen molar-refractivity contribution in [3.8, 4) is 5.75 Å². The highest BCUT2D eigenvalue weighted by molar-refractivity contribution is 5.77. The van der Waals surface area contributed by atoms with Gasteiger partial charge in [0.1, 0.15) is 5.75 Å². The molecule has 0 saturated heterocycles. The maximum atomic E-state index is 12.6. The van der Waals surface area contributed by atoms with Crippen LogP contribution in [0, 0.1) is 6.92 Å². The van der Waals surface area contributed by atoms with Crippen molar-refractivity contribution < 1.29 is 14.0 Å². The number of carbonyl (C=O) groups is 1. The first-order valence-corrected chi connectivity index (χ1v) is 10.5. The summed E-state index contributed by atoms with van der Waals surface area (Å²) in [6.45, 7) is 14.6. The minimum absolute atomic E-state index is 0.269. The Morgan fingerprint density at radius 3 is 2.33 bits per heavy atom. The van der Waals surface area contributed by atoms with Crippen LogP contribution in [0.25, 0.3) is 0 Å². The second kappa shape index (κ2) is 11.3. The van der Waals surface area contributed by atoms with Gasteiger partial charge in [0, 0.05) is 19.5 Å². The molecule has 0 N–H and O–H groups in total. The molecule has 27 heavy (non-hydrogen) atoms. The van der Waals surface area contributed by atoms with Crippen molar-refractivity contribution in [2.75, 3.05) is 46.9 Å². The van der Waals surface area contributed by atoms with Gasteiger partial charge in [0.05, 0.1) is 27.2 Å². The van der Waals surface area contributed by atoms with E-state index in [-0.39, 0.29) is 5.91 Å². The Morgan fingerprint density at radius 1 is 1.15 bits per heavy atom. The number of aryl methyl sites for hydroxylation is 1. The van der Waals surface area contributed by atoms with Gasteiger partial charge in [-0.15, -0.1) is 0 Å². The molecule has 1 amide bonds. The number of benzene rings is 1. The zero-order valence-electron chi connectivity index (χ0n) is 18.7. The summed E-state index contributed by atoms with van der Waals surface area (Å²) in [6.07, 6.45) is 2.97. The molecule has 0 aliphatic rings. The molecule has 0 spiro atoms. The number of quaternary nitrogens is 1. The van der Waals surface area contributed by atoms with Gasteiger partial charge in [0.2, 0.25) is 0 Å². The fraction of sp³-hybridized carbons (Fsp3) is 0.696. The highest BCUT2D eigenvalue weighted by Crippen LogP contribution is 2.24. The van der Waals surface area contributed by atoms with Crippen molar-refractivity contribution in [2.45, 2.75) is 59.8 Å². The van der Waals surface area contributed by atoms with Crippen LogP contribution < -0.4 is 4.74 Å². The molecule has 1 aromatic rings. The van der Waals surface area contributed by atoms with Gasteiger partial charge in [-0.25, -0.2) is 0 Å². The summed E-state index contributed by atoms with van der Waals surface area (Å²) >= 11 is 0. The van der Waals surface area contributed by atoms with E-state index >= 15 is 0 Å². The van der Waals surface area contributed by atoms with Crippen LogP contribution in [-0.4, -0.2) is 62.2 Å². The Balaban J connectivity index is 2.50. The Kier molecular flexibility index (Phi) is 9.86. The lowest BCUT2D eigenvalue weighted by Crippen LogP contribution is -2.49. The number of likely N-dealkylation sites (N-methyl/N-ethyl adjacent to an activating group) is 1. The Morgan fingerprint density at radius 2 is 1.78 bits per heavy atom. The molecular weight excluding hydrogens is 336 g/mol. The molecule has 154 valence electrons. The predicted molar refractivity (Wildman–Crippen MR) is 114 cm³/mol. The van der Waals surface area contributed by atoms with Crippen molar-refractivity contribution in [2.24, 2.45) is 0 Å². The van der Waals surface area contributed by atoms with Crippen LogP contribution in [0.2, 0.25) is 0 Å². The fourth-order valence-electron chi connectivity index (χ4n) is 3.25. The molecule has 4 nitrogen and oxygen atoms in total. The third-order valence-corrected chi connectivity index (χ3v) is 4.95. The number of ether oxygens (including phenoxy) is 1.